The van der Waals surface area contributed by atoms with Crippen molar-refractivity contribution in [2.75, 3.05) is 7.11 Å². The van der Waals surface area contributed by atoms with Crippen molar-refractivity contribution in [2.45, 2.75) is 20.8 Å². The van der Waals surface area contributed by atoms with Crippen molar-refractivity contribution in [1.29, 1.82) is 0 Å². The van der Waals surface area contributed by atoms with E-state index in [1.165, 1.54) is 33.4 Å². The monoisotopic (exact) mass is 330 g/mol. The fourth-order valence-electron chi connectivity index (χ4n) is 3.04. The van der Waals surface area contributed by atoms with E-state index in [-0.39, 0.29) is 0 Å². The summed E-state index contributed by atoms with van der Waals surface area (Å²) in [5.41, 5.74) is 8.81. The fraction of sp³-hybridized carbons (Fsp3) is 0.167. The van der Waals surface area contributed by atoms with E-state index in [0.717, 1.165) is 11.3 Å². The molecule has 0 bridgehead atoms. The molecule has 0 aromatic heterocycles. The van der Waals surface area contributed by atoms with E-state index in [0.29, 0.717) is 0 Å². The first kappa shape index (κ1) is 18.5. The Morgan fingerprint density at radius 3 is 2.08 bits per heavy atom. The fourth-order valence-corrected chi connectivity index (χ4v) is 3.04. The molecular weight excluding hydrogens is 304 g/mol. The maximum absolute atomic E-state index is 5.49. The highest BCUT2D eigenvalue weighted by molar-refractivity contribution is 5.77. The second-order valence-corrected chi connectivity index (χ2v) is 6.05. The van der Waals surface area contributed by atoms with Crippen LogP contribution in [0, 0.1) is 20.8 Å². The first-order valence-electron chi connectivity index (χ1n) is 8.42. The van der Waals surface area contributed by atoms with Crippen LogP contribution in [-0.2, 0) is 0 Å². The Balaban J connectivity index is 0.00000109. The number of aryl methyl sites for hydroxylation is 3. The van der Waals surface area contributed by atoms with Gasteiger partial charge in [-0.1, -0.05) is 60.2 Å². The van der Waals surface area contributed by atoms with Gasteiger partial charge in [0.05, 0.1) is 7.11 Å². The van der Waals surface area contributed by atoms with E-state index in [2.05, 4.69) is 76.4 Å². The van der Waals surface area contributed by atoms with Gasteiger partial charge in [0.25, 0.3) is 0 Å². The average molecular weight is 330 g/mol. The van der Waals surface area contributed by atoms with Gasteiger partial charge < -0.3 is 4.74 Å². The topological polar surface area (TPSA) is 9.23 Å². The van der Waals surface area contributed by atoms with Gasteiger partial charge in [-0.2, -0.15) is 0 Å². The van der Waals surface area contributed by atoms with Crippen LogP contribution >= 0.6 is 0 Å². The van der Waals surface area contributed by atoms with Crippen molar-refractivity contribution >= 4 is 0 Å². The van der Waals surface area contributed by atoms with Gasteiger partial charge in [0.15, 0.2) is 0 Å². The lowest BCUT2D eigenvalue weighted by Crippen LogP contribution is -1.91. The summed E-state index contributed by atoms with van der Waals surface area (Å²) in [5.74, 6) is 0.909. The number of ether oxygens (including phenoxy) is 1. The van der Waals surface area contributed by atoms with E-state index in [9.17, 15) is 0 Å². The van der Waals surface area contributed by atoms with Crippen molar-refractivity contribution < 1.29 is 4.74 Å². The van der Waals surface area contributed by atoms with E-state index in [1.807, 2.05) is 18.2 Å². The van der Waals surface area contributed by atoms with Crippen molar-refractivity contribution in [3.8, 4) is 28.0 Å². The maximum Gasteiger partial charge on any atom is 0.126 e. The standard InChI is InChI=1S/C22H22O.C2H4/c1-15-9-10-16(2)21(13-15)19-12-11-18(14-17(19)3)20-7-5-6-8-22(20)23-4;1-2/h5-14H,1-4H3;1-2H2. The zero-order chi connectivity index (χ0) is 18.4. The van der Waals surface area contributed by atoms with Gasteiger partial charge in [-0.05, 0) is 54.7 Å². The van der Waals surface area contributed by atoms with E-state index in [1.54, 1.807) is 7.11 Å². The predicted octanol–water partition coefficient (Wildman–Crippen LogP) is 6.76. The van der Waals surface area contributed by atoms with E-state index >= 15 is 0 Å². The summed E-state index contributed by atoms with van der Waals surface area (Å²) in [4.78, 5) is 0. The van der Waals surface area contributed by atoms with Crippen LogP contribution in [0.5, 0.6) is 5.75 Å². The molecule has 0 N–H and O–H groups in total. The third-order valence-corrected chi connectivity index (χ3v) is 4.33. The van der Waals surface area contributed by atoms with Gasteiger partial charge in [-0.15, -0.1) is 13.2 Å². The summed E-state index contributed by atoms with van der Waals surface area (Å²) >= 11 is 0. The van der Waals surface area contributed by atoms with Crippen LogP contribution in [-0.4, -0.2) is 7.11 Å². The molecule has 3 aromatic rings. The number of rotatable bonds is 3. The van der Waals surface area contributed by atoms with Gasteiger partial charge in [-0.3, -0.25) is 0 Å². The lowest BCUT2D eigenvalue weighted by molar-refractivity contribution is 0.416. The molecule has 25 heavy (non-hydrogen) atoms. The smallest absolute Gasteiger partial charge is 0.126 e. The van der Waals surface area contributed by atoms with Crippen molar-refractivity contribution in [2.24, 2.45) is 0 Å². The zero-order valence-corrected chi connectivity index (χ0v) is 15.6. The lowest BCUT2D eigenvalue weighted by Gasteiger charge is -2.14. The molecule has 128 valence electrons. The quantitative estimate of drug-likeness (QED) is 0.482. The second-order valence-electron chi connectivity index (χ2n) is 6.05. The molecule has 0 unspecified atom stereocenters. The molecule has 0 atom stereocenters. The Morgan fingerprint density at radius 1 is 0.680 bits per heavy atom. The second kappa shape index (κ2) is 8.34. The van der Waals surface area contributed by atoms with Gasteiger partial charge in [0, 0.05) is 5.56 Å². The third kappa shape index (κ3) is 4.00. The number of hydrogen-bond acceptors (Lipinski definition) is 1. The number of para-hydroxylation sites is 1. The van der Waals surface area contributed by atoms with E-state index in [4.69, 9.17) is 4.74 Å². The van der Waals surface area contributed by atoms with Gasteiger partial charge in [-0.25, -0.2) is 0 Å². The van der Waals surface area contributed by atoms with Crippen LogP contribution in [0.4, 0.5) is 0 Å². The SMILES string of the molecule is C=C.COc1ccccc1-c1ccc(-c2cc(C)ccc2C)c(C)c1. The molecule has 0 aliphatic rings. The molecule has 0 fully saturated rings. The van der Waals surface area contributed by atoms with Crippen LogP contribution in [0.15, 0.2) is 73.8 Å². The zero-order valence-electron chi connectivity index (χ0n) is 15.6. The molecule has 0 radical (unpaired) electrons. The molecule has 3 rings (SSSR count). The summed E-state index contributed by atoms with van der Waals surface area (Å²) in [6.45, 7) is 12.5. The normalized spacial score (nSPS) is 9.92. The molecule has 0 saturated carbocycles. The highest BCUT2D eigenvalue weighted by Crippen LogP contribution is 2.34. The molecule has 0 spiro atoms. The molecule has 0 heterocycles. The minimum absolute atomic E-state index is 0.909. The molecule has 1 nitrogen and oxygen atoms in total. The highest BCUT2D eigenvalue weighted by Gasteiger charge is 2.09. The minimum Gasteiger partial charge on any atom is -0.496 e. The van der Waals surface area contributed by atoms with Crippen LogP contribution in [0.2, 0.25) is 0 Å². The summed E-state index contributed by atoms with van der Waals surface area (Å²) < 4.78 is 5.49. The number of hydrogen-bond donors (Lipinski definition) is 0. The average Bonchev–Trinajstić information content (AvgIpc) is 2.65. The van der Waals surface area contributed by atoms with Crippen LogP contribution < -0.4 is 4.74 Å². The summed E-state index contributed by atoms with van der Waals surface area (Å²) in [5, 5.41) is 0. The molecule has 1 heteroatoms. The van der Waals surface area contributed by atoms with Gasteiger partial charge >= 0.3 is 0 Å². The summed E-state index contributed by atoms with van der Waals surface area (Å²) in [6.07, 6.45) is 0. The maximum atomic E-state index is 5.49. The van der Waals surface area contributed by atoms with Crippen molar-refractivity contribution in [3.05, 3.63) is 90.5 Å². The van der Waals surface area contributed by atoms with Crippen molar-refractivity contribution in [3.63, 3.8) is 0 Å². The molecule has 0 aliphatic heterocycles. The van der Waals surface area contributed by atoms with Crippen LogP contribution in [0.25, 0.3) is 22.3 Å². The molecule has 0 saturated heterocycles. The van der Waals surface area contributed by atoms with Gasteiger partial charge in [0.2, 0.25) is 0 Å². The molecule has 0 amide bonds. The van der Waals surface area contributed by atoms with Crippen LogP contribution in [0.3, 0.4) is 0 Å². The number of benzene rings is 3. The molecule has 3 aromatic carbocycles. The minimum atomic E-state index is 0.909. The largest absolute Gasteiger partial charge is 0.496 e. The Bertz CT molecular complexity index is 862. The predicted molar refractivity (Wildman–Crippen MR) is 109 cm³/mol. The Morgan fingerprint density at radius 2 is 1.40 bits per heavy atom. The van der Waals surface area contributed by atoms with Gasteiger partial charge in [0.1, 0.15) is 5.75 Å². The Labute approximate surface area is 151 Å². The molecular formula is C24H26O. The van der Waals surface area contributed by atoms with E-state index < -0.39 is 0 Å². The Hall–Kier alpha value is -2.80. The van der Waals surface area contributed by atoms with Crippen LogP contribution in [0.1, 0.15) is 16.7 Å². The molecule has 0 aliphatic carbocycles. The third-order valence-electron chi connectivity index (χ3n) is 4.33. The summed E-state index contributed by atoms with van der Waals surface area (Å²) in [6, 6.07) is 21.4. The highest BCUT2D eigenvalue weighted by atomic mass is 16.5. The summed E-state index contributed by atoms with van der Waals surface area (Å²) in [7, 11) is 1.72. The Kier molecular flexibility index (Phi) is 6.19. The number of methoxy groups -OCH3 is 1. The first-order chi connectivity index (χ1) is 12.1. The lowest BCUT2D eigenvalue weighted by atomic mass is 9.92. The first-order valence-corrected chi connectivity index (χ1v) is 8.42. The van der Waals surface area contributed by atoms with Crippen molar-refractivity contribution in [1.82, 2.24) is 0 Å².